The maximum absolute atomic E-state index is 14.0. The first-order valence-corrected chi connectivity index (χ1v) is 9.72. The second kappa shape index (κ2) is 7.05. The number of anilines is 3. The van der Waals surface area contributed by atoms with Gasteiger partial charge in [-0.1, -0.05) is 18.2 Å². The molecule has 0 bridgehead atoms. The van der Waals surface area contributed by atoms with Crippen LogP contribution < -0.4 is 15.4 Å². The third-order valence-corrected chi connectivity index (χ3v) is 5.06. The molecule has 9 heteroatoms. The molecular weight excluding hydrogens is 399 g/mol. The van der Waals surface area contributed by atoms with Gasteiger partial charge in [0.15, 0.2) is 17.2 Å². The summed E-state index contributed by atoms with van der Waals surface area (Å²) in [6.07, 6.45) is 3.38. The lowest BCUT2D eigenvalue weighted by Crippen LogP contribution is -2.46. The molecule has 0 unspecified atom stereocenters. The van der Waals surface area contributed by atoms with Gasteiger partial charge in [0, 0.05) is 23.2 Å². The van der Waals surface area contributed by atoms with E-state index in [-0.39, 0.29) is 11.7 Å². The molecule has 5 rings (SSSR count). The van der Waals surface area contributed by atoms with Gasteiger partial charge < -0.3 is 15.4 Å². The molecule has 0 radical (unpaired) electrons. The minimum atomic E-state index is -0.952. The number of benzene rings is 1. The van der Waals surface area contributed by atoms with Gasteiger partial charge in [0.05, 0.1) is 18.3 Å². The Morgan fingerprint density at radius 2 is 2.00 bits per heavy atom. The molecule has 0 saturated heterocycles. The number of halogens is 1. The maximum atomic E-state index is 14.0. The van der Waals surface area contributed by atoms with E-state index in [4.69, 9.17) is 4.74 Å². The molecular formula is C22H19FN6O2. The first-order valence-electron chi connectivity index (χ1n) is 9.72. The van der Waals surface area contributed by atoms with E-state index in [9.17, 15) is 9.18 Å². The van der Waals surface area contributed by atoms with Crippen LogP contribution in [-0.4, -0.2) is 31.3 Å². The van der Waals surface area contributed by atoms with Gasteiger partial charge in [-0.3, -0.25) is 9.48 Å². The lowest BCUT2D eigenvalue weighted by atomic mass is 10.1. The summed E-state index contributed by atoms with van der Waals surface area (Å²) in [5.74, 6) is 1.35. The number of nitrogens with zero attached hydrogens (tertiary/aromatic N) is 4. The van der Waals surface area contributed by atoms with Crippen LogP contribution in [0.3, 0.4) is 0 Å². The predicted octanol–water partition coefficient (Wildman–Crippen LogP) is 3.87. The lowest BCUT2D eigenvalue weighted by Gasteiger charge is -2.30. The smallest absolute Gasteiger partial charge is 0.269 e. The minimum absolute atomic E-state index is 0.263. The van der Waals surface area contributed by atoms with Crippen LogP contribution in [0, 0.1) is 5.82 Å². The predicted molar refractivity (Wildman–Crippen MR) is 114 cm³/mol. The van der Waals surface area contributed by atoms with E-state index in [1.807, 2.05) is 6.07 Å². The Hall–Kier alpha value is -4.01. The van der Waals surface area contributed by atoms with E-state index in [0.29, 0.717) is 35.3 Å². The van der Waals surface area contributed by atoms with Gasteiger partial charge in [-0.25, -0.2) is 14.4 Å². The third-order valence-electron chi connectivity index (χ3n) is 5.06. The molecule has 156 valence electrons. The lowest BCUT2D eigenvalue weighted by molar-refractivity contribution is -0.129. The van der Waals surface area contributed by atoms with Crippen LogP contribution in [0.5, 0.6) is 5.75 Å². The summed E-state index contributed by atoms with van der Waals surface area (Å²) >= 11 is 0. The van der Waals surface area contributed by atoms with Crippen molar-refractivity contribution >= 4 is 34.3 Å². The summed E-state index contributed by atoms with van der Waals surface area (Å²) < 4.78 is 21.5. The molecule has 0 saturated carbocycles. The van der Waals surface area contributed by atoms with Crippen molar-refractivity contribution in [2.24, 2.45) is 0 Å². The molecule has 1 aromatic carbocycles. The SMILES string of the molecule is CC1(C)Oc2ccc(Nc3cc4c(cn3)cnn4Cc3ccccc3F)nc2NC1=O. The van der Waals surface area contributed by atoms with Crippen molar-refractivity contribution in [1.29, 1.82) is 0 Å². The summed E-state index contributed by atoms with van der Waals surface area (Å²) in [7, 11) is 0. The Balaban J connectivity index is 1.42. The molecule has 8 nitrogen and oxygen atoms in total. The van der Waals surface area contributed by atoms with Gasteiger partial charge in [-0.2, -0.15) is 5.10 Å². The van der Waals surface area contributed by atoms with Crippen LogP contribution >= 0.6 is 0 Å². The number of pyridine rings is 2. The van der Waals surface area contributed by atoms with Crippen molar-refractivity contribution < 1.29 is 13.9 Å². The van der Waals surface area contributed by atoms with Crippen LogP contribution in [0.1, 0.15) is 19.4 Å². The molecule has 1 aliphatic rings. The Kier molecular flexibility index (Phi) is 4.32. The molecule has 0 atom stereocenters. The summed E-state index contributed by atoms with van der Waals surface area (Å²) in [4.78, 5) is 20.9. The fraction of sp³-hybridized carbons (Fsp3) is 0.182. The normalized spacial score (nSPS) is 14.6. The highest BCUT2D eigenvalue weighted by atomic mass is 19.1. The van der Waals surface area contributed by atoms with Crippen molar-refractivity contribution in [3.05, 3.63) is 66.2 Å². The van der Waals surface area contributed by atoms with Crippen LogP contribution in [0.25, 0.3) is 10.9 Å². The van der Waals surface area contributed by atoms with Crippen LogP contribution in [0.2, 0.25) is 0 Å². The first kappa shape index (κ1) is 19.0. The first-order chi connectivity index (χ1) is 14.9. The molecule has 0 aliphatic carbocycles. The van der Waals surface area contributed by atoms with Gasteiger partial charge in [0.2, 0.25) is 0 Å². The number of carbonyl (C=O) groups is 1. The fourth-order valence-electron chi connectivity index (χ4n) is 3.35. The quantitative estimate of drug-likeness (QED) is 0.523. The van der Waals surface area contributed by atoms with E-state index in [1.165, 1.54) is 6.07 Å². The van der Waals surface area contributed by atoms with Crippen molar-refractivity contribution in [2.45, 2.75) is 26.0 Å². The van der Waals surface area contributed by atoms with Crippen LogP contribution in [-0.2, 0) is 11.3 Å². The molecule has 1 aliphatic heterocycles. The van der Waals surface area contributed by atoms with Gasteiger partial charge >= 0.3 is 0 Å². The Morgan fingerprint density at radius 1 is 1.16 bits per heavy atom. The zero-order chi connectivity index (χ0) is 21.6. The number of aromatic nitrogens is 4. The maximum Gasteiger partial charge on any atom is 0.269 e. The average molecular weight is 418 g/mol. The zero-order valence-electron chi connectivity index (χ0n) is 16.9. The number of nitrogens with one attached hydrogen (secondary N) is 2. The van der Waals surface area contributed by atoms with Gasteiger partial charge in [0.25, 0.3) is 5.91 Å². The van der Waals surface area contributed by atoms with Crippen molar-refractivity contribution in [2.75, 3.05) is 10.6 Å². The standard InChI is InChI=1S/C22H19FN6O2/c1-22(2)21(30)28-20-17(31-22)7-8-18(27-20)26-19-9-16-14(10-24-19)11-25-29(16)12-13-5-3-4-6-15(13)23/h3-11H,12H2,1-2H3,(H2,24,26,27,28,30). The molecule has 3 aromatic heterocycles. The average Bonchev–Trinajstić information content (AvgIpc) is 3.13. The summed E-state index contributed by atoms with van der Waals surface area (Å²) in [5, 5.41) is 11.1. The van der Waals surface area contributed by atoms with Crippen LogP contribution in [0.15, 0.2) is 54.9 Å². The Bertz CT molecular complexity index is 1320. The monoisotopic (exact) mass is 418 g/mol. The number of fused-ring (bicyclic) bond motifs is 2. The van der Waals surface area contributed by atoms with Gasteiger partial charge in [-0.15, -0.1) is 0 Å². The number of carbonyl (C=O) groups excluding carboxylic acids is 1. The number of rotatable bonds is 4. The molecule has 0 fully saturated rings. The fourth-order valence-corrected chi connectivity index (χ4v) is 3.35. The molecule has 2 N–H and O–H groups in total. The molecule has 1 amide bonds. The Labute approximate surface area is 177 Å². The van der Waals surface area contributed by atoms with E-state index in [0.717, 1.165) is 10.9 Å². The van der Waals surface area contributed by atoms with Crippen molar-refractivity contribution in [3.8, 4) is 5.75 Å². The van der Waals surface area contributed by atoms with E-state index in [1.54, 1.807) is 61.3 Å². The zero-order valence-corrected chi connectivity index (χ0v) is 16.9. The molecule has 4 aromatic rings. The van der Waals surface area contributed by atoms with Crippen LogP contribution in [0.4, 0.5) is 21.8 Å². The number of hydrogen-bond acceptors (Lipinski definition) is 6. The third kappa shape index (κ3) is 3.54. The number of ether oxygens (including phenoxy) is 1. The van der Waals surface area contributed by atoms with Gasteiger partial charge in [0.1, 0.15) is 17.5 Å². The second-order valence-corrected chi connectivity index (χ2v) is 7.76. The highest BCUT2D eigenvalue weighted by Gasteiger charge is 2.36. The van der Waals surface area contributed by atoms with Crippen molar-refractivity contribution in [1.82, 2.24) is 19.7 Å². The minimum Gasteiger partial charge on any atom is -0.474 e. The summed E-state index contributed by atoms with van der Waals surface area (Å²) in [6.45, 7) is 3.69. The number of hydrogen-bond donors (Lipinski definition) is 2. The topological polar surface area (TPSA) is 94.0 Å². The van der Waals surface area contributed by atoms with E-state index in [2.05, 4.69) is 25.7 Å². The Morgan fingerprint density at radius 3 is 2.84 bits per heavy atom. The summed E-state index contributed by atoms with van der Waals surface area (Å²) in [6, 6.07) is 11.9. The molecule has 4 heterocycles. The highest BCUT2D eigenvalue weighted by molar-refractivity contribution is 5.99. The van der Waals surface area contributed by atoms with Gasteiger partial charge in [-0.05, 0) is 32.0 Å². The molecule has 31 heavy (non-hydrogen) atoms. The van der Waals surface area contributed by atoms with E-state index < -0.39 is 5.60 Å². The summed E-state index contributed by atoms with van der Waals surface area (Å²) in [5.41, 5.74) is 0.401. The number of amides is 1. The van der Waals surface area contributed by atoms with E-state index >= 15 is 0 Å². The molecule has 0 spiro atoms. The van der Waals surface area contributed by atoms with Crippen molar-refractivity contribution in [3.63, 3.8) is 0 Å². The highest BCUT2D eigenvalue weighted by Crippen LogP contribution is 2.33. The largest absolute Gasteiger partial charge is 0.474 e. The second-order valence-electron chi connectivity index (χ2n) is 7.76.